The Labute approximate surface area is 68.2 Å². The number of hydrogen-bond acceptors (Lipinski definition) is 2. The minimum Gasteiger partial charge on any atom is -0.396 e. The maximum Gasteiger partial charge on any atom is 0.0549 e. The third-order valence-electron chi connectivity index (χ3n) is 1.57. The molecule has 0 amide bonds. The molecule has 0 radical (unpaired) electrons. The first-order valence-electron chi connectivity index (χ1n) is 4.03. The van der Waals surface area contributed by atoms with Crippen LogP contribution in [0.2, 0.25) is 0 Å². The van der Waals surface area contributed by atoms with Gasteiger partial charge in [0.05, 0.1) is 6.10 Å². The van der Waals surface area contributed by atoms with Gasteiger partial charge in [0, 0.05) is 13.0 Å². The summed E-state index contributed by atoms with van der Waals surface area (Å²) < 4.78 is 0. The van der Waals surface area contributed by atoms with Gasteiger partial charge in [-0.25, -0.2) is 0 Å². The average Bonchev–Trinajstić information content (AvgIpc) is 2.01. The molecule has 2 heteroatoms. The number of hydrogen-bond donors (Lipinski definition) is 2. The van der Waals surface area contributed by atoms with E-state index in [4.69, 9.17) is 11.5 Å². The van der Waals surface area contributed by atoms with E-state index in [1.807, 2.05) is 0 Å². The lowest BCUT2D eigenvalue weighted by Gasteiger charge is -2.06. The van der Waals surface area contributed by atoms with Crippen LogP contribution in [0, 0.1) is 12.3 Å². The van der Waals surface area contributed by atoms with Crippen LogP contribution in [0.4, 0.5) is 0 Å². The molecule has 2 nitrogen and oxygen atoms in total. The summed E-state index contributed by atoms with van der Waals surface area (Å²) in [6.45, 7) is 0.210. The third kappa shape index (κ3) is 7.38. The summed E-state index contributed by atoms with van der Waals surface area (Å²) in [4.78, 5) is 0. The predicted molar refractivity (Wildman–Crippen MR) is 45.0 cm³/mol. The molecule has 0 bridgehead atoms. The molecule has 2 N–H and O–H groups in total. The molecule has 0 aliphatic carbocycles. The molecule has 0 aromatic heterocycles. The molecule has 11 heavy (non-hydrogen) atoms. The molecule has 0 aliphatic rings. The number of terminal acetylenes is 1. The summed E-state index contributed by atoms with van der Waals surface area (Å²) in [7, 11) is 0. The summed E-state index contributed by atoms with van der Waals surface area (Å²) in [6.07, 6.45) is 8.47. The smallest absolute Gasteiger partial charge is 0.0549 e. The maximum absolute atomic E-state index is 9.23. The second-order valence-corrected chi connectivity index (χ2v) is 2.62. The van der Waals surface area contributed by atoms with Gasteiger partial charge in [-0.05, 0) is 25.7 Å². The van der Waals surface area contributed by atoms with E-state index in [2.05, 4.69) is 5.92 Å². The second kappa shape index (κ2) is 7.59. The van der Waals surface area contributed by atoms with Crippen LogP contribution in [0.5, 0.6) is 0 Å². The van der Waals surface area contributed by atoms with E-state index in [1.54, 1.807) is 0 Å². The number of rotatable bonds is 6. The van der Waals surface area contributed by atoms with Crippen LogP contribution >= 0.6 is 0 Å². The van der Waals surface area contributed by atoms with Gasteiger partial charge >= 0.3 is 0 Å². The zero-order chi connectivity index (χ0) is 8.53. The first kappa shape index (κ1) is 10.5. The van der Waals surface area contributed by atoms with Crippen molar-refractivity contribution in [2.45, 2.75) is 38.2 Å². The Kier molecular flexibility index (Phi) is 7.23. The molecule has 0 heterocycles. The van der Waals surface area contributed by atoms with E-state index in [9.17, 15) is 5.11 Å². The maximum atomic E-state index is 9.23. The molecule has 1 unspecified atom stereocenters. The summed E-state index contributed by atoms with van der Waals surface area (Å²) in [5.74, 6) is 2.48. The van der Waals surface area contributed by atoms with Gasteiger partial charge in [-0.3, -0.25) is 0 Å². The van der Waals surface area contributed by atoms with Crippen LogP contribution in [-0.4, -0.2) is 22.9 Å². The van der Waals surface area contributed by atoms with E-state index >= 15 is 0 Å². The first-order valence-corrected chi connectivity index (χ1v) is 4.03. The summed E-state index contributed by atoms with van der Waals surface area (Å²) >= 11 is 0. The van der Waals surface area contributed by atoms with Crippen molar-refractivity contribution in [1.82, 2.24) is 0 Å². The van der Waals surface area contributed by atoms with Crippen LogP contribution in [-0.2, 0) is 0 Å². The molecule has 0 saturated heterocycles. The van der Waals surface area contributed by atoms with E-state index in [0.717, 1.165) is 19.3 Å². The fraction of sp³-hybridized carbons (Fsp3) is 0.778. The molecule has 0 aromatic carbocycles. The Morgan fingerprint density at radius 3 is 2.55 bits per heavy atom. The number of aliphatic hydroxyl groups excluding tert-OH is 2. The van der Waals surface area contributed by atoms with Crippen LogP contribution in [0.15, 0.2) is 0 Å². The quantitative estimate of drug-likeness (QED) is 0.443. The highest BCUT2D eigenvalue weighted by molar-refractivity contribution is 4.84. The van der Waals surface area contributed by atoms with Crippen molar-refractivity contribution >= 4 is 0 Å². The van der Waals surface area contributed by atoms with E-state index in [-0.39, 0.29) is 12.7 Å². The van der Waals surface area contributed by atoms with Crippen molar-refractivity contribution in [3.05, 3.63) is 0 Å². The average molecular weight is 156 g/mol. The van der Waals surface area contributed by atoms with Gasteiger partial charge in [0.15, 0.2) is 0 Å². The third-order valence-corrected chi connectivity index (χ3v) is 1.57. The van der Waals surface area contributed by atoms with Crippen LogP contribution in [0.25, 0.3) is 0 Å². The molecule has 0 saturated carbocycles. The van der Waals surface area contributed by atoms with E-state index in [0.29, 0.717) is 12.8 Å². The minimum atomic E-state index is -0.280. The zero-order valence-corrected chi connectivity index (χ0v) is 6.79. The summed E-state index contributed by atoms with van der Waals surface area (Å²) in [5.41, 5.74) is 0. The van der Waals surface area contributed by atoms with Crippen molar-refractivity contribution in [3.63, 3.8) is 0 Å². The monoisotopic (exact) mass is 156 g/mol. The Morgan fingerprint density at radius 1 is 1.27 bits per heavy atom. The van der Waals surface area contributed by atoms with Crippen molar-refractivity contribution in [2.24, 2.45) is 0 Å². The largest absolute Gasteiger partial charge is 0.396 e. The Hall–Kier alpha value is -0.520. The molecular formula is C9H16O2. The number of unbranched alkanes of at least 4 members (excludes halogenated alkanes) is 1. The molecule has 0 rings (SSSR count). The van der Waals surface area contributed by atoms with Crippen molar-refractivity contribution < 1.29 is 10.2 Å². The second-order valence-electron chi connectivity index (χ2n) is 2.62. The van der Waals surface area contributed by atoms with Gasteiger partial charge in [0.1, 0.15) is 0 Å². The normalized spacial score (nSPS) is 12.5. The lowest BCUT2D eigenvalue weighted by molar-refractivity contribution is 0.149. The lowest BCUT2D eigenvalue weighted by Crippen LogP contribution is -2.05. The van der Waals surface area contributed by atoms with E-state index in [1.165, 1.54) is 0 Å². The fourth-order valence-corrected chi connectivity index (χ4v) is 0.886. The van der Waals surface area contributed by atoms with Gasteiger partial charge in [-0.1, -0.05) is 0 Å². The highest BCUT2D eigenvalue weighted by atomic mass is 16.3. The van der Waals surface area contributed by atoms with Crippen molar-refractivity contribution in [2.75, 3.05) is 6.61 Å². The van der Waals surface area contributed by atoms with E-state index < -0.39 is 0 Å². The Morgan fingerprint density at radius 2 is 2.00 bits per heavy atom. The van der Waals surface area contributed by atoms with Crippen LogP contribution in [0.1, 0.15) is 32.1 Å². The molecule has 0 aromatic rings. The van der Waals surface area contributed by atoms with Gasteiger partial charge in [-0.2, -0.15) is 0 Å². The fourth-order valence-electron chi connectivity index (χ4n) is 0.886. The highest BCUT2D eigenvalue weighted by Crippen LogP contribution is 2.05. The Bertz CT molecular complexity index is 115. The zero-order valence-electron chi connectivity index (χ0n) is 6.79. The molecular weight excluding hydrogens is 140 g/mol. The van der Waals surface area contributed by atoms with Crippen LogP contribution < -0.4 is 0 Å². The first-order chi connectivity index (χ1) is 5.31. The van der Waals surface area contributed by atoms with Gasteiger partial charge in [-0.15, -0.1) is 12.3 Å². The standard InChI is InChI=1S/C9H16O2/c1-2-3-6-9(11)7-4-5-8-10/h1,9-11H,3-8H2. The summed E-state index contributed by atoms with van der Waals surface area (Å²) in [5, 5.41) is 17.7. The Balaban J connectivity index is 3.10. The molecule has 0 aliphatic heterocycles. The molecule has 1 atom stereocenters. The predicted octanol–water partition coefficient (Wildman–Crippen LogP) is 0.923. The summed E-state index contributed by atoms with van der Waals surface area (Å²) in [6, 6.07) is 0. The molecule has 0 fully saturated rings. The van der Waals surface area contributed by atoms with Gasteiger partial charge < -0.3 is 10.2 Å². The van der Waals surface area contributed by atoms with Crippen LogP contribution in [0.3, 0.4) is 0 Å². The van der Waals surface area contributed by atoms with Crippen molar-refractivity contribution in [1.29, 1.82) is 0 Å². The SMILES string of the molecule is C#CCCC(O)CCCCO. The molecule has 0 spiro atoms. The van der Waals surface area contributed by atoms with Gasteiger partial charge in [0.2, 0.25) is 0 Å². The topological polar surface area (TPSA) is 40.5 Å². The lowest BCUT2D eigenvalue weighted by atomic mass is 10.1. The highest BCUT2D eigenvalue weighted by Gasteiger charge is 2.01. The van der Waals surface area contributed by atoms with Crippen molar-refractivity contribution in [3.8, 4) is 12.3 Å². The molecule has 64 valence electrons. The minimum absolute atomic E-state index is 0.210. The number of aliphatic hydroxyl groups is 2. The van der Waals surface area contributed by atoms with Gasteiger partial charge in [0.25, 0.3) is 0 Å².